The van der Waals surface area contributed by atoms with Gasteiger partial charge in [0.2, 0.25) is 11.9 Å². The van der Waals surface area contributed by atoms with Crippen LogP contribution in [0.1, 0.15) is 11.1 Å². The highest BCUT2D eigenvalue weighted by Gasteiger charge is 2.36. The number of alkyl halides is 3. The average Bonchev–Trinajstić information content (AvgIpc) is 2.88. The Labute approximate surface area is 205 Å². The fraction of sp³-hybridized carbons (Fsp3) is 0.200. The van der Waals surface area contributed by atoms with Crippen molar-refractivity contribution < 1.29 is 22.7 Å². The number of nitrogens with zero attached hydrogens (tertiary/aromatic N) is 4. The highest BCUT2D eigenvalue weighted by Crippen LogP contribution is 2.38. The standard InChI is InChI=1S/C25H21F3N6O2/c1-2-22(35)31-18-7-6-16(14-29)20(13-18)23-21(25(26,27)28)15-30-24(33-23)32-17-4-3-5-19(12-17)34-8-10-36-11-9-34/h2-7,12-13,15H,1,8-11H2,(H,31,35)(H,30,32,33). The summed E-state index contributed by atoms with van der Waals surface area (Å²) in [5, 5.41) is 15.0. The fourth-order valence-electron chi connectivity index (χ4n) is 3.69. The molecule has 2 aromatic carbocycles. The van der Waals surface area contributed by atoms with E-state index in [-0.39, 0.29) is 22.8 Å². The Balaban J connectivity index is 1.74. The number of aromatic nitrogens is 2. The first-order chi connectivity index (χ1) is 17.3. The summed E-state index contributed by atoms with van der Waals surface area (Å²) >= 11 is 0. The minimum absolute atomic E-state index is 0.0453. The van der Waals surface area contributed by atoms with E-state index in [4.69, 9.17) is 4.74 Å². The monoisotopic (exact) mass is 494 g/mol. The van der Waals surface area contributed by atoms with Crippen molar-refractivity contribution in [3.05, 3.63) is 72.4 Å². The van der Waals surface area contributed by atoms with Gasteiger partial charge in [-0.15, -0.1) is 0 Å². The number of nitriles is 1. The second-order valence-corrected chi connectivity index (χ2v) is 7.79. The molecule has 11 heteroatoms. The molecule has 0 spiro atoms. The van der Waals surface area contributed by atoms with E-state index in [0.717, 1.165) is 24.9 Å². The predicted molar refractivity (Wildman–Crippen MR) is 129 cm³/mol. The van der Waals surface area contributed by atoms with Gasteiger partial charge in [0.15, 0.2) is 0 Å². The van der Waals surface area contributed by atoms with Crippen molar-refractivity contribution in [2.45, 2.75) is 6.18 Å². The molecule has 0 radical (unpaired) electrons. The first-order valence-corrected chi connectivity index (χ1v) is 10.9. The second-order valence-electron chi connectivity index (χ2n) is 7.79. The number of halogens is 3. The third-order valence-electron chi connectivity index (χ3n) is 5.42. The van der Waals surface area contributed by atoms with E-state index in [1.54, 1.807) is 6.07 Å². The Hall–Kier alpha value is -4.43. The maximum Gasteiger partial charge on any atom is 0.419 e. The first kappa shape index (κ1) is 24.7. The van der Waals surface area contributed by atoms with Crippen LogP contribution < -0.4 is 15.5 Å². The summed E-state index contributed by atoms with van der Waals surface area (Å²) in [5.41, 5.74) is -0.0527. The Kier molecular flexibility index (Phi) is 7.17. The summed E-state index contributed by atoms with van der Waals surface area (Å²) in [6.07, 6.45) is -3.08. The second kappa shape index (κ2) is 10.5. The van der Waals surface area contributed by atoms with Crippen LogP contribution in [0, 0.1) is 11.3 Å². The van der Waals surface area contributed by atoms with Crippen LogP contribution in [0.4, 0.5) is 36.2 Å². The zero-order valence-electron chi connectivity index (χ0n) is 19.0. The number of hydrogen-bond acceptors (Lipinski definition) is 7. The number of hydrogen-bond donors (Lipinski definition) is 2. The van der Waals surface area contributed by atoms with Gasteiger partial charge in [-0.25, -0.2) is 9.97 Å². The van der Waals surface area contributed by atoms with Crippen LogP contribution in [0.15, 0.2) is 61.3 Å². The van der Waals surface area contributed by atoms with Gasteiger partial charge in [-0.2, -0.15) is 18.4 Å². The summed E-state index contributed by atoms with van der Waals surface area (Å²) in [4.78, 5) is 21.8. The van der Waals surface area contributed by atoms with Crippen LogP contribution in [0.25, 0.3) is 11.3 Å². The number of nitrogens with one attached hydrogen (secondary N) is 2. The van der Waals surface area contributed by atoms with Crippen LogP contribution in [0.2, 0.25) is 0 Å². The topological polar surface area (TPSA) is 103 Å². The maximum atomic E-state index is 13.9. The molecule has 0 atom stereocenters. The van der Waals surface area contributed by atoms with E-state index in [9.17, 15) is 23.2 Å². The quantitative estimate of drug-likeness (QED) is 0.477. The average molecular weight is 494 g/mol. The zero-order valence-corrected chi connectivity index (χ0v) is 19.0. The minimum atomic E-state index is -4.78. The highest BCUT2D eigenvalue weighted by atomic mass is 19.4. The number of anilines is 4. The molecule has 2 N–H and O–H groups in total. The number of benzene rings is 2. The van der Waals surface area contributed by atoms with Crippen molar-refractivity contribution >= 4 is 28.9 Å². The molecule has 36 heavy (non-hydrogen) atoms. The molecule has 1 aromatic heterocycles. The van der Waals surface area contributed by atoms with Crippen LogP contribution in [0.5, 0.6) is 0 Å². The highest BCUT2D eigenvalue weighted by molar-refractivity contribution is 5.99. The molecule has 1 amide bonds. The van der Waals surface area contributed by atoms with E-state index < -0.39 is 23.3 Å². The molecule has 8 nitrogen and oxygen atoms in total. The van der Waals surface area contributed by atoms with Crippen molar-refractivity contribution in [1.82, 2.24) is 9.97 Å². The van der Waals surface area contributed by atoms with E-state index in [1.165, 1.54) is 18.2 Å². The third-order valence-corrected chi connectivity index (χ3v) is 5.42. The van der Waals surface area contributed by atoms with E-state index in [2.05, 4.69) is 32.1 Å². The molecule has 0 unspecified atom stereocenters. The number of carbonyl (C=O) groups is 1. The van der Waals surface area contributed by atoms with Crippen molar-refractivity contribution in [2.75, 3.05) is 41.8 Å². The van der Waals surface area contributed by atoms with Gasteiger partial charge in [0, 0.05) is 41.9 Å². The van der Waals surface area contributed by atoms with Gasteiger partial charge < -0.3 is 20.3 Å². The van der Waals surface area contributed by atoms with Gasteiger partial charge in [0.1, 0.15) is 5.56 Å². The number of carbonyl (C=O) groups excluding carboxylic acids is 1. The smallest absolute Gasteiger partial charge is 0.378 e. The van der Waals surface area contributed by atoms with Gasteiger partial charge in [0.05, 0.1) is 30.5 Å². The molecule has 4 rings (SSSR count). The lowest BCUT2D eigenvalue weighted by Crippen LogP contribution is -2.36. The van der Waals surface area contributed by atoms with Crippen LogP contribution in [-0.4, -0.2) is 42.2 Å². The largest absolute Gasteiger partial charge is 0.419 e. The van der Waals surface area contributed by atoms with Gasteiger partial charge >= 0.3 is 6.18 Å². The SMILES string of the molecule is C=CC(=O)Nc1ccc(C#N)c(-c2nc(Nc3cccc(N4CCOCC4)c3)ncc2C(F)(F)F)c1. The number of ether oxygens (including phenoxy) is 1. The van der Waals surface area contributed by atoms with Gasteiger partial charge in [-0.05, 0) is 42.5 Å². The summed E-state index contributed by atoms with van der Waals surface area (Å²) < 4.78 is 47.0. The zero-order chi connectivity index (χ0) is 25.7. The lowest BCUT2D eigenvalue weighted by atomic mass is 10.0. The van der Waals surface area contributed by atoms with E-state index in [0.29, 0.717) is 25.1 Å². The number of amides is 1. The molecule has 3 aromatic rings. The van der Waals surface area contributed by atoms with Crippen molar-refractivity contribution in [3.63, 3.8) is 0 Å². The summed E-state index contributed by atoms with van der Waals surface area (Å²) in [6.45, 7) is 6.01. The van der Waals surface area contributed by atoms with Crippen LogP contribution >= 0.6 is 0 Å². The number of rotatable bonds is 6. The predicted octanol–water partition coefficient (Wildman–Crippen LogP) is 4.74. The molecule has 1 aliphatic heterocycles. The van der Waals surface area contributed by atoms with E-state index >= 15 is 0 Å². The van der Waals surface area contributed by atoms with Crippen molar-refractivity contribution in [1.29, 1.82) is 5.26 Å². The van der Waals surface area contributed by atoms with Crippen molar-refractivity contribution in [2.24, 2.45) is 0 Å². The summed E-state index contributed by atoms with van der Waals surface area (Å²) in [5.74, 6) is -0.631. The Morgan fingerprint density at radius 1 is 1.17 bits per heavy atom. The molecule has 0 bridgehead atoms. The summed E-state index contributed by atoms with van der Waals surface area (Å²) in [7, 11) is 0. The van der Waals surface area contributed by atoms with Gasteiger partial charge in [0.25, 0.3) is 0 Å². The lowest BCUT2D eigenvalue weighted by Gasteiger charge is -2.29. The van der Waals surface area contributed by atoms with E-state index in [1.807, 2.05) is 24.3 Å². The first-order valence-electron chi connectivity index (χ1n) is 10.9. The molecular weight excluding hydrogens is 473 g/mol. The third kappa shape index (κ3) is 5.61. The maximum absolute atomic E-state index is 13.9. The molecule has 0 aliphatic carbocycles. The summed E-state index contributed by atoms with van der Waals surface area (Å²) in [6, 6.07) is 13.2. The Morgan fingerprint density at radius 2 is 1.94 bits per heavy atom. The molecular formula is C25H21F3N6O2. The Bertz CT molecular complexity index is 1330. The molecule has 1 fully saturated rings. The molecule has 0 saturated carbocycles. The minimum Gasteiger partial charge on any atom is -0.378 e. The Morgan fingerprint density at radius 3 is 2.64 bits per heavy atom. The normalized spacial score (nSPS) is 13.6. The van der Waals surface area contributed by atoms with Gasteiger partial charge in [-0.3, -0.25) is 4.79 Å². The molecule has 1 saturated heterocycles. The van der Waals surface area contributed by atoms with Crippen LogP contribution in [0.3, 0.4) is 0 Å². The van der Waals surface area contributed by atoms with Crippen molar-refractivity contribution in [3.8, 4) is 17.3 Å². The molecule has 184 valence electrons. The molecule has 2 heterocycles. The molecule has 1 aliphatic rings. The van der Waals surface area contributed by atoms with Crippen LogP contribution in [-0.2, 0) is 15.7 Å². The van der Waals surface area contributed by atoms with Gasteiger partial charge in [-0.1, -0.05) is 12.6 Å². The fourth-order valence-corrected chi connectivity index (χ4v) is 3.69. The lowest BCUT2D eigenvalue weighted by molar-refractivity contribution is -0.137. The number of morpholine rings is 1.